The van der Waals surface area contributed by atoms with Gasteiger partial charge in [0.1, 0.15) is 0 Å². The maximum Gasteiger partial charge on any atom is 0.0739 e. The summed E-state index contributed by atoms with van der Waals surface area (Å²) in [6.07, 6.45) is 4.35. The molecule has 0 unspecified atom stereocenters. The van der Waals surface area contributed by atoms with Crippen LogP contribution in [0.1, 0.15) is 12.0 Å². The summed E-state index contributed by atoms with van der Waals surface area (Å²) in [6.45, 7) is 0. The molecule has 1 aliphatic heterocycles. The van der Waals surface area contributed by atoms with E-state index in [1.54, 1.807) is 11.8 Å². The van der Waals surface area contributed by atoms with Crippen molar-refractivity contribution in [2.75, 3.05) is 6.26 Å². The van der Waals surface area contributed by atoms with E-state index in [4.69, 9.17) is 0 Å². The highest BCUT2D eigenvalue weighted by Gasteiger charge is 2.09. The zero-order valence-corrected chi connectivity index (χ0v) is 7.90. The smallest absolute Gasteiger partial charge is 0.0739 e. The molecule has 1 aromatic carbocycles. The van der Waals surface area contributed by atoms with Gasteiger partial charge in [0.25, 0.3) is 0 Å². The van der Waals surface area contributed by atoms with Gasteiger partial charge in [-0.05, 0) is 30.7 Å². The second kappa shape index (κ2) is 3.31. The maximum atomic E-state index is 4.54. The van der Waals surface area contributed by atoms with Crippen LogP contribution in [0.4, 0.5) is 5.69 Å². The number of nitrogens with zero attached hydrogens (tertiary/aromatic N) is 1. The minimum Gasteiger partial charge on any atom is -0.246 e. The number of aryl methyl sites for hydroxylation is 1. The minimum absolute atomic E-state index is 1.11. The van der Waals surface area contributed by atoms with Gasteiger partial charge in [0.15, 0.2) is 0 Å². The summed E-state index contributed by atoms with van der Waals surface area (Å²) in [5, 5.41) is 1.26. The van der Waals surface area contributed by atoms with Crippen molar-refractivity contribution >= 4 is 22.5 Å². The van der Waals surface area contributed by atoms with Gasteiger partial charge in [-0.1, -0.05) is 18.2 Å². The van der Waals surface area contributed by atoms with Gasteiger partial charge in [0.2, 0.25) is 0 Å². The number of hydrogen-bond donors (Lipinski definition) is 0. The number of para-hydroxylation sites is 1. The first-order valence-electron chi connectivity index (χ1n) is 4.09. The third kappa shape index (κ3) is 1.39. The first kappa shape index (κ1) is 7.87. The lowest BCUT2D eigenvalue weighted by Crippen LogP contribution is -2.00. The van der Waals surface area contributed by atoms with E-state index in [1.807, 2.05) is 6.07 Å². The monoisotopic (exact) mass is 177 g/mol. The Hall–Kier alpha value is -0.760. The van der Waals surface area contributed by atoms with Crippen molar-refractivity contribution in [2.24, 2.45) is 4.99 Å². The van der Waals surface area contributed by atoms with Crippen LogP contribution in [-0.4, -0.2) is 11.3 Å². The van der Waals surface area contributed by atoms with E-state index < -0.39 is 0 Å². The molecule has 0 aromatic heterocycles. The Labute approximate surface area is 76.9 Å². The molecule has 1 nitrogen and oxygen atoms in total. The lowest BCUT2D eigenvalue weighted by molar-refractivity contribution is 1.02. The molecule has 1 aliphatic rings. The number of aliphatic imine (C=N–C) groups is 1. The lowest BCUT2D eigenvalue weighted by atomic mass is 10.1. The van der Waals surface area contributed by atoms with Crippen molar-refractivity contribution in [1.82, 2.24) is 0 Å². The van der Waals surface area contributed by atoms with Crippen LogP contribution in [0, 0.1) is 0 Å². The second-order valence-electron chi connectivity index (χ2n) is 2.84. The fraction of sp³-hybridized carbons (Fsp3) is 0.300. The third-order valence-electron chi connectivity index (χ3n) is 2.08. The normalized spacial score (nSPS) is 15.2. The van der Waals surface area contributed by atoms with Gasteiger partial charge in [0, 0.05) is 0 Å². The largest absolute Gasteiger partial charge is 0.246 e. The molecule has 2 heteroatoms. The zero-order chi connectivity index (χ0) is 8.39. The van der Waals surface area contributed by atoms with E-state index in [0.717, 1.165) is 18.5 Å². The summed E-state index contributed by atoms with van der Waals surface area (Å²) in [4.78, 5) is 4.54. The van der Waals surface area contributed by atoms with E-state index in [-0.39, 0.29) is 0 Å². The average Bonchev–Trinajstić information content (AvgIpc) is 2.17. The molecule has 0 bridgehead atoms. The Morgan fingerprint density at radius 3 is 2.92 bits per heavy atom. The van der Waals surface area contributed by atoms with Gasteiger partial charge in [0.05, 0.1) is 10.7 Å². The van der Waals surface area contributed by atoms with Gasteiger partial charge < -0.3 is 0 Å². The molecule has 2 rings (SSSR count). The quantitative estimate of drug-likeness (QED) is 0.593. The van der Waals surface area contributed by atoms with E-state index >= 15 is 0 Å². The molecule has 0 N–H and O–H groups in total. The Balaban J connectivity index is 2.41. The molecule has 0 amide bonds. The van der Waals surface area contributed by atoms with E-state index in [1.165, 1.54) is 10.6 Å². The first-order valence-corrected chi connectivity index (χ1v) is 5.32. The van der Waals surface area contributed by atoms with Crippen LogP contribution in [-0.2, 0) is 6.42 Å². The molecule has 0 radical (unpaired) electrons. The minimum atomic E-state index is 1.11. The van der Waals surface area contributed by atoms with Crippen molar-refractivity contribution in [1.29, 1.82) is 0 Å². The highest BCUT2D eigenvalue weighted by atomic mass is 32.2. The highest BCUT2D eigenvalue weighted by Crippen LogP contribution is 2.27. The van der Waals surface area contributed by atoms with Gasteiger partial charge in [-0.3, -0.25) is 0 Å². The van der Waals surface area contributed by atoms with E-state index in [2.05, 4.69) is 29.4 Å². The molecule has 1 aromatic rings. The lowest BCUT2D eigenvalue weighted by Gasteiger charge is -2.12. The van der Waals surface area contributed by atoms with Crippen LogP contribution in [0.2, 0.25) is 0 Å². The Kier molecular flexibility index (Phi) is 2.17. The molecular weight excluding hydrogens is 166 g/mol. The number of fused-ring (bicyclic) bond motifs is 1. The average molecular weight is 177 g/mol. The molecular formula is C10H11NS. The van der Waals surface area contributed by atoms with Gasteiger partial charge >= 0.3 is 0 Å². The highest BCUT2D eigenvalue weighted by molar-refractivity contribution is 8.13. The maximum absolute atomic E-state index is 4.54. The Morgan fingerprint density at radius 2 is 2.08 bits per heavy atom. The van der Waals surface area contributed by atoms with Gasteiger partial charge in [-0.25, -0.2) is 4.99 Å². The third-order valence-corrected chi connectivity index (χ3v) is 2.85. The Bertz CT molecular complexity index is 317. The number of rotatable bonds is 0. The zero-order valence-electron chi connectivity index (χ0n) is 7.08. The van der Waals surface area contributed by atoms with E-state index in [0.29, 0.717) is 0 Å². The summed E-state index contributed by atoms with van der Waals surface area (Å²) >= 11 is 1.76. The predicted molar refractivity (Wildman–Crippen MR) is 55.4 cm³/mol. The Morgan fingerprint density at radius 1 is 1.25 bits per heavy atom. The van der Waals surface area contributed by atoms with Gasteiger partial charge in [-0.2, -0.15) is 0 Å². The summed E-state index contributed by atoms with van der Waals surface area (Å²) in [6, 6.07) is 8.38. The van der Waals surface area contributed by atoms with Crippen LogP contribution in [0.15, 0.2) is 29.3 Å². The number of benzene rings is 1. The molecule has 1 heterocycles. The molecule has 0 saturated heterocycles. The molecule has 0 atom stereocenters. The van der Waals surface area contributed by atoms with Crippen molar-refractivity contribution in [2.45, 2.75) is 12.8 Å². The molecule has 62 valence electrons. The fourth-order valence-electron chi connectivity index (χ4n) is 1.41. The summed E-state index contributed by atoms with van der Waals surface area (Å²) in [5.41, 5.74) is 2.54. The standard InChI is InChI=1S/C10H11NS/c1-12-10-7-6-8-4-2-3-5-9(8)11-10/h2-5H,6-7H2,1H3. The van der Waals surface area contributed by atoms with Crippen LogP contribution >= 0.6 is 11.8 Å². The SMILES string of the molecule is CSC1=Nc2ccccc2CC1. The number of hydrogen-bond acceptors (Lipinski definition) is 2. The predicted octanol–water partition coefficient (Wildman–Crippen LogP) is 3.03. The van der Waals surface area contributed by atoms with Crippen molar-refractivity contribution in [3.05, 3.63) is 29.8 Å². The first-order chi connectivity index (χ1) is 5.90. The van der Waals surface area contributed by atoms with E-state index in [9.17, 15) is 0 Å². The second-order valence-corrected chi connectivity index (χ2v) is 3.72. The van der Waals surface area contributed by atoms with Crippen molar-refractivity contribution in [3.63, 3.8) is 0 Å². The topological polar surface area (TPSA) is 12.4 Å². The number of thioether (sulfide) groups is 1. The van der Waals surface area contributed by atoms with Crippen LogP contribution in [0.25, 0.3) is 0 Å². The molecule has 0 fully saturated rings. The summed E-state index contributed by atoms with van der Waals surface area (Å²) in [7, 11) is 0. The van der Waals surface area contributed by atoms with Crippen LogP contribution in [0.3, 0.4) is 0 Å². The molecule has 0 aliphatic carbocycles. The molecule has 12 heavy (non-hydrogen) atoms. The van der Waals surface area contributed by atoms with Gasteiger partial charge in [-0.15, -0.1) is 11.8 Å². The summed E-state index contributed by atoms with van der Waals surface area (Å²) in [5.74, 6) is 0. The summed E-state index contributed by atoms with van der Waals surface area (Å²) < 4.78 is 0. The van der Waals surface area contributed by atoms with Crippen molar-refractivity contribution in [3.8, 4) is 0 Å². The van der Waals surface area contributed by atoms with Crippen LogP contribution in [0.5, 0.6) is 0 Å². The molecule has 0 saturated carbocycles. The fourth-order valence-corrected chi connectivity index (χ4v) is 1.91. The molecule has 0 spiro atoms. The van der Waals surface area contributed by atoms with Crippen molar-refractivity contribution < 1.29 is 0 Å². The van der Waals surface area contributed by atoms with Crippen LogP contribution < -0.4 is 0 Å².